The van der Waals surface area contributed by atoms with Gasteiger partial charge in [0, 0.05) is 32.4 Å². The number of nitrogens with zero attached hydrogens (tertiary/aromatic N) is 4. The lowest BCUT2D eigenvalue weighted by Crippen LogP contribution is -2.50. The highest BCUT2D eigenvalue weighted by atomic mass is 15.3. The molecule has 130 valence electrons. The van der Waals surface area contributed by atoms with Gasteiger partial charge in [0.1, 0.15) is 17.8 Å². The maximum absolute atomic E-state index is 4.57. The highest BCUT2D eigenvalue weighted by Crippen LogP contribution is 2.29. The molecule has 5 nitrogen and oxygen atoms in total. The first-order chi connectivity index (χ1) is 12.2. The molecule has 2 unspecified atom stereocenters. The third-order valence-corrected chi connectivity index (χ3v) is 5.42. The minimum Gasteiger partial charge on any atom is -0.354 e. The molecule has 4 rings (SSSR count). The molecule has 1 N–H and O–H groups in total. The van der Waals surface area contributed by atoms with Gasteiger partial charge in [-0.2, -0.15) is 0 Å². The van der Waals surface area contributed by atoms with Gasteiger partial charge in [-0.25, -0.2) is 9.97 Å². The largest absolute Gasteiger partial charge is 0.354 e. The van der Waals surface area contributed by atoms with E-state index in [4.69, 9.17) is 0 Å². The fourth-order valence-corrected chi connectivity index (χ4v) is 3.90. The van der Waals surface area contributed by atoms with Crippen molar-refractivity contribution in [2.75, 3.05) is 25.0 Å². The smallest absolute Gasteiger partial charge is 0.142 e. The van der Waals surface area contributed by atoms with E-state index in [1.807, 2.05) is 6.20 Å². The summed E-state index contributed by atoms with van der Waals surface area (Å²) < 4.78 is 0. The summed E-state index contributed by atoms with van der Waals surface area (Å²) in [5.41, 5.74) is 2.29. The van der Waals surface area contributed by atoms with Crippen LogP contribution < -0.4 is 4.90 Å². The van der Waals surface area contributed by atoms with Crippen LogP contribution in [0.2, 0.25) is 0 Å². The Morgan fingerprint density at radius 2 is 2.04 bits per heavy atom. The van der Waals surface area contributed by atoms with Crippen molar-refractivity contribution in [2.45, 2.75) is 25.9 Å². The lowest BCUT2D eigenvalue weighted by atomic mass is 9.92. The van der Waals surface area contributed by atoms with Crippen LogP contribution in [0.25, 0.3) is 11.0 Å². The Bertz CT molecular complexity index is 828. The molecular weight excluding hydrogens is 310 g/mol. The molecule has 0 saturated carbocycles. The van der Waals surface area contributed by atoms with Crippen LogP contribution in [0, 0.1) is 5.92 Å². The molecule has 1 fully saturated rings. The number of H-pyrrole nitrogens is 1. The van der Waals surface area contributed by atoms with Gasteiger partial charge in [-0.05, 0) is 30.5 Å². The van der Waals surface area contributed by atoms with E-state index in [0.717, 1.165) is 36.5 Å². The van der Waals surface area contributed by atoms with E-state index in [9.17, 15) is 0 Å². The molecule has 0 radical (unpaired) electrons. The monoisotopic (exact) mass is 335 g/mol. The van der Waals surface area contributed by atoms with Gasteiger partial charge in [0.05, 0.1) is 5.39 Å². The lowest BCUT2D eigenvalue weighted by Gasteiger charge is -2.42. The van der Waals surface area contributed by atoms with Crippen molar-refractivity contribution in [1.82, 2.24) is 19.9 Å². The Morgan fingerprint density at radius 3 is 2.88 bits per heavy atom. The van der Waals surface area contributed by atoms with Crippen molar-refractivity contribution in [3.8, 4) is 0 Å². The molecule has 0 spiro atoms. The van der Waals surface area contributed by atoms with Crippen molar-refractivity contribution in [1.29, 1.82) is 0 Å². The Balaban J connectivity index is 1.54. The van der Waals surface area contributed by atoms with E-state index in [1.165, 1.54) is 12.0 Å². The molecule has 0 amide bonds. The van der Waals surface area contributed by atoms with Crippen molar-refractivity contribution < 1.29 is 0 Å². The molecule has 0 bridgehead atoms. The summed E-state index contributed by atoms with van der Waals surface area (Å²) in [6.45, 7) is 5.59. The second kappa shape index (κ2) is 6.84. The van der Waals surface area contributed by atoms with Crippen LogP contribution in [-0.2, 0) is 6.54 Å². The Hall–Kier alpha value is -2.40. The normalized spacial score (nSPS) is 21.5. The summed E-state index contributed by atoms with van der Waals surface area (Å²) in [6, 6.07) is 13.3. The van der Waals surface area contributed by atoms with Gasteiger partial charge < -0.3 is 9.88 Å². The first-order valence-electron chi connectivity index (χ1n) is 8.99. The van der Waals surface area contributed by atoms with Crippen molar-refractivity contribution >= 4 is 16.9 Å². The molecule has 3 aromatic rings. The van der Waals surface area contributed by atoms with E-state index in [-0.39, 0.29) is 0 Å². The lowest BCUT2D eigenvalue weighted by molar-refractivity contribution is 0.159. The number of anilines is 1. The average molecular weight is 335 g/mol. The third-order valence-electron chi connectivity index (χ3n) is 5.42. The highest BCUT2D eigenvalue weighted by molar-refractivity contribution is 5.87. The maximum atomic E-state index is 4.57. The number of piperidine rings is 1. The Morgan fingerprint density at radius 1 is 1.20 bits per heavy atom. The second-order valence-electron chi connectivity index (χ2n) is 7.10. The van der Waals surface area contributed by atoms with Crippen LogP contribution in [0.5, 0.6) is 0 Å². The number of aromatic amines is 1. The Labute approximate surface area is 148 Å². The average Bonchev–Trinajstić information content (AvgIpc) is 3.12. The van der Waals surface area contributed by atoms with Gasteiger partial charge in [0.15, 0.2) is 0 Å². The molecule has 1 saturated heterocycles. The minimum absolute atomic E-state index is 0.450. The molecule has 1 aromatic carbocycles. The number of hydrogen-bond donors (Lipinski definition) is 1. The van der Waals surface area contributed by atoms with E-state index in [1.54, 1.807) is 6.33 Å². The van der Waals surface area contributed by atoms with Crippen LogP contribution in [-0.4, -0.2) is 46.0 Å². The van der Waals surface area contributed by atoms with Gasteiger partial charge in [-0.15, -0.1) is 0 Å². The van der Waals surface area contributed by atoms with Crippen molar-refractivity contribution in [3.63, 3.8) is 0 Å². The van der Waals surface area contributed by atoms with Gasteiger partial charge in [0.25, 0.3) is 0 Å². The fraction of sp³-hybridized carbons (Fsp3) is 0.400. The number of rotatable bonds is 4. The van der Waals surface area contributed by atoms with Crippen LogP contribution in [0.1, 0.15) is 18.9 Å². The van der Waals surface area contributed by atoms with Gasteiger partial charge in [0.2, 0.25) is 0 Å². The summed E-state index contributed by atoms with van der Waals surface area (Å²) in [6.07, 6.45) is 4.80. The molecule has 1 aliphatic rings. The zero-order valence-electron chi connectivity index (χ0n) is 14.9. The second-order valence-corrected chi connectivity index (χ2v) is 7.10. The number of aromatic nitrogens is 3. The molecule has 3 heterocycles. The number of likely N-dealkylation sites (N-methyl/N-ethyl adjacent to an activating group) is 1. The summed E-state index contributed by atoms with van der Waals surface area (Å²) in [4.78, 5) is 17.0. The van der Waals surface area contributed by atoms with E-state index in [2.05, 4.69) is 75.1 Å². The summed E-state index contributed by atoms with van der Waals surface area (Å²) >= 11 is 0. The molecule has 5 heteroatoms. The third kappa shape index (κ3) is 3.24. The molecular formula is C20H25N5. The van der Waals surface area contributed by atoms with E-state index < -0.39 is 0 Å². The van der Waals surface area contributed by atoms with Crippen LogP contribution in [0.3, 0.4) is 0 Å². The predicted octanol–water partition coefficient (Wildman–Crippen LogP) is 3.30. The zero-order valence-corrected chi connectivity index (χ0v) is 14.9. The SMILES string of the molecule is CC1CCN(Cc2ccccc2)CC1N(C)c1ncnc2[nH]ccc12. The number of fused-ring (bicyclic) bond motifs is 1. The van der Waals surface area contributed by atoms with E-state index in [0.29, 0.717) is 12.0 Å². The standard InChI is InChI=1S/C20H25N5/c1-15-9-11-25(12-16-6-4-3-5-7-16)13-18(15)24(2)20-17-8-10-21-19(17)22-14-23-20/h3-8,10,14-15,18H,9,11-13H2,1-2H3,(H,21,22,23). The van der Waals surface area contributed by atoms with Gasteiger partial charge in [-0.1, -0.05) is 37.3 Å². The summed E-state index contributed by atoms with van der Waals surface area (Å²) in [5.74, 6) is 1.66. The summed E-state index contributed by atoms with van der Waals surface area (Å²) in [7, 11) is 2.17. The van der Waals surface area contributed by atoms with Crippen LogP contribution in [0.4, 0.5) is 5.82 Å². The number of hydrogen-bond acceptors (Lipinski definition) is 4. The highest BCUT2D eigenvalue weighted by Gasteiger charge is 2.30. The van der Waals surface area contributed by atoms with Crippen molar-refractivity contribution in [2.24, 2.45) is 5.92 Å². The maximum Gasteiger partial charge on any atom is 0.142 e. The predicted molar refractivity (Wildman–Crippen MR) is 102 cm³/mol. The molecule has 1 aliphatic heterocycles. The van der Waals surface area contributed by atoms with Gasteiger partial charge >= 0.3 is 0 Å². The van der Waals surface area contributed by atoms with Gasteiger partial charge in [-0.3, -0.25) is 4.90 Å². The molecule has 25 heavy (non-hydrogen) atoms. The fourth-order valence-electron chi connectivity index (χ4n) is 3.90. The molecule has 0 aliphatic carbocycles. The number of likely N-dealkylation sites (tertiary alicyclic amines) is 1. The first-order valence-corrected chi connectivity index (χ1v) is 8.99. The first kappa shape index (κ1) is 16.1. The number of benzene rings is 1. The molecule has 2 aromatic heterocycles. The zero-order chi connectivity index (χ0) is 17.2. The van der Waals surface area contributed by atoms with E-state index >= 15 is 0 Å². The topological polar surface area (TPSA) is 48.1 Å². The van der Waals surface area contributed by atoms with Crippen LogP contribution in [0.15, 0.2) is 48.9 Å². The van der Waals surface area contributed by atoms with Crippen LogP contribution >= 0.6 is 0 Å². The molecule has 2 atom stereocenters. The quantitative estimate of drug-likeness (QED) is 0.795. The Kier molecular flexibility index (Phi) is 4.40. The number of nitrogens with one attached hydrogen (secondary N) is 1. The minimum atomic E-state index is 0.450. The van der Waals surface area contributed by atoms with Crippen molar-refractivity contribution in [3.05, 3.63) is 54.5 Å². The summed E-state index contributed by atoms with van der Waals surface area (Å²) in [5, 5.41) is 1.09.